The summed E-state index contributed by atoms with van der Waals surface area (Å²) in [6, 6.07) is 2.49. The van der Waals surface area contributed by atoms with E-state index in [1.54, 1.807) is 0 Å². The number of aromatic nitrogens is 2. The Kier molecular flexibility index (Phi) is 6.95. The molecule has 206 valence electrons. The average molecular weight is 579 g/mol. The number of amides is 1. The van der Waals surface area contributed by atoms with Gasteiger partial charge in [-0.25, -0.2) is 44.8 Å². The molecule has 3 aliphatic carbocycles. The minimum atomic E-state index is -4.23. The molecule has 1 amide bonds. The summed E-state index contributed by atoms with van der Waals surface area (Å²) in [6.07, 6.45) is -3.42. The van der Waals surface area contributed by atoms with Gasteiger partial charge >= 0.3 is 0 Å². The number of thiophene rings is 1. The third-order valence-corrected chi connectivity index (χ3v) is 9.71. The van der Waals surface area contributed by atoms with Gasteiger partial charge in [-0.05, 0) is 37.7 Å². The van der Waals surface area contributed by atoms with Crippen molar-refractivity contribution in [3.05, 3.63) is 22.2 Å². The quantitative estimate of drug-likeness (QED) is 0.361. The second-order valence-corrected chi connectivity index (χ2v) is 12.4. The van der Waals surface area contributed by atoms with E-state index in [1.807, 2.05) is 0 Å². The predicted molar refractivity (Wildman–Crippen MR) is 128 cm³/mol. The van der Waals surface area contributed by atoms with Crippen molar-refractivity contribution in [2.24, 2.45) is 23.0 Å². The maximum absolute atomic E-state index is 13.4. The Morgan fingerprint density at radius 1 is 1.34 bits per heavy atom. The first kappa shape index (κ1) is 26.9. The van der Waals surface area contributed by atoms with Gasteiger partial charge in [0, 0.05) is 30.5 Å². The lowest BCUT2D eigenvalue weighted by molar-refractivity contribution is -0.119. The van der Waals surface area contributed by atoms with E-state index in [0.29, 0.717) is 23.3 Å². The van der Waals surface area contributed by atoms with E-state index in [4.69, 9.17) is 0 Å². The number of anilines is 1. The van der Waals surface area contributed by atoms with Crippen molar-refractivity contribution in [3.63, 3.8) is 0 Å². The number of nitrogens with zero attached hydrogens (tertiary/aromatic N) is 4. The number of rotatable bonds is 8. The molecule has 38 heavy (non-hydrogen) atoms. The lowest BCUT2D eigenvalue weighted by Crippen LogP contribution is -2.45. The standard InChI is InChI=1S/C22H23F5N6O3S2/c1-33-17(7-15(31-33)19(24)25)29-9-28-11-2-3-16-13(6-11)18(38(35,36)32-12-4-10(23)5-12)21(37-16)30-20(34)14-8-22(14,26)27/h7,10-12,14,19,32H,2-6,8H2,1H3,(H,30,34)/t10-,11-,12+,14?/m0/s1. The maximum Gasteiger partial charge on any atom is 0.282 e. The number of sulfonamides is 1. The van der Waals surface area contributed by atoms with Crippen LogP contribution in [0.25, 0.3) is 0 Å². The molecule has 2 fully saturated rings. The molecule has 2 aromatic heterocycles. The van der Waals surface area contributed by atoms with E-state index in [1.165, 1.54) is 7.05 Å². The highest BCUT2D eigenvalue weighted by molar-refractivity contribution is 7.90. The first-order chi connectivity index (χ1) is 17.8. The molecule has 0 bridgehead atoms. The Balaban J connectivity index is 1.41. The number of fused-ring (bicyclic) bond motifs is 1. The first-order valence-electron chi connectivity index (χ1n) is 11.8. The van der Waals surface area contributed by atoms with Crippen LogP contribution in [0, 0.1) is 5.92 Å². The second-order valence-electron chi connectivity index (χ2n) is 9.65. The zero-order valence-electron chi connectivity index (χ0n) is 19.9. The number of hydrogen-bond acceptors (Lipinski definition) is 7. The number of nitrogens with one attached hydrogen (secondary N) is 2. The number of halogens is 5. The van der Waals surface area contributed by atoms with E-state index < -0.39 is 64.6 Å². The lowest BCUT2D eigenvalue weighted by atomic mass is 9.92. The molecule has 0 radical (unpaired) electrons. The van der Waals surface area contributed by atoms with Gasteiger partial charge in [-0.2, -0.15) is 10.1 Å². The van der Waals surface area contributed by atoms with Gasteiger partial charge in [0.1, 0.15) is 27.7 Å². The number of carbonyl (C=O) groups is 1. The van der Waals surface area contributed by atoms with Crippen LogP contribution in [0.2, 0.25) is 0 Å². The van der Waals surface area contributed by atoms with Crippen LogP contribution in [-0.4, -0.2) is 54.3 Å². The Morgan fingerprint density at radius 3 is 2.66 bits per heavy atom. The van der Waals surface area contributed by atoms with Crippen molar-refractivity contribution in [3.8, 4) is 0 Å². The van der Waals surface area contributed by atoms with Crippen molar-refractivity contribution >= 4 is 44.1 Å². The highest BCUT2D eigenvalue weighted by Crippen LogP contribution is 2.50. The molecule has 0 aromatic carbocycles. The summed E-state index contributed by atoms with van der Waals surface area (Å²) in [5.74, 6) is -5.49. The Bertz CT molecular complexity index is 1430. The van der Waals surface area contributed by atoms with E-state index in [9.17, 15) is 35.2 Å². The summed E-state index contributed by atoms with van der Waals surface area (Å²) in [4.78, 5) is 21.0. The van der Waals surface area contributed by atoms with Crippen LogP contribution in [-0.2, 0) is 34.7 Å². The third kappa shape index (κ3) is 5.40. The number of alkyl halides is 5. The fraction of sp³-hybridized carbons (Fsp3) is 0.591. The smallest absolute Gasteiger partial charge is 0.282 e. The third-order valence-electron chi connectivity index (χ3n) is 6.74. The highest BCUT2D eigenvalue weighted by atomic mass is 32.2. The minimum absolute atomic E-state index is 0.0201. The largest absolute Gasteiger partial charge is 0.316 e. The SMILES string of the molecule is Cn1nc(C(F)F)cc1N=C=N[C@H]1CCc2sc(NC(=O)C3CC3(F)F)c(S(=O)(=O)N[C@H]3C[C@@H](F)C3)c2C1. The van der Waals surface area contributed by atoms with E-state index in [2.05, 4.69) is 31.1 Å². The van der Waals surface area contributed by atoms with Crippen LogP contribution in [0.3, 0.4) is 0 Å². The van der Waals surface area contributed by atoms with Crippen molar-refractivity contribution in [2.75, 3.05) is 5.32 Å². The number of carbonyl (C=O) groups excluding carboxylic acids is 1. The molecule has 2 heterocycles. The van der Waals surface area contributed by atoms with Gasteiger partial charge in [-0.1, -0.05) is 0 Å². The fourth-order valence-corrected chi connectivity index (χ4v) is 7.72. The van der Waals surface area contributed by atoms with Crippen molar-refractivity contribution in [1.29, 1.82) is 0 Å². The molecule has 2 aromatic rings. The van der Waals surface area contributed by atoms with Crippen LogP contribution in [0.15, 0.2) is 20.9 Å². The summed E-state index contributed by atoms with van der Waals surface area (Å²) < 4.78 is 96.1. The van der Waals surface area contributed by atoms with Crippen LogP contribution >= 0.6 is 11.3 Å². The van der Waals surface area contributed by atoms with Crippen LogP contribution in [0.4, 0.5) is 32.8 Å². The second kappa shape index (κ2) is 9.81. The predicted octanol–water partition coefficient (Wildman–Crippen LogP) is 4.15. The molecule has 5 rings (SSSR count). The van der Waals surface area contributed by atoms with Gasteiger partial charge in [0.05, 0.1) is 12.1 Å². The van der Waals surface area contributed by atoms with Crippen molar-refractivity contribution in [1.82, 2.24) is 14.5 Å². The molecule has 0 aliphatic heterocycles. The van der Waals surface area contributed by atoms with Crippen LogP contribution in [0.1, 0.15) is 48.2 Å². The van der Waals surface area contributed by atoms with Gasteiger partial charge in [0.2, 0.25) is 15.9 Å². The van der Waals surface area contributed by atoms with E-state index in [0.717, 1.165) is 22.1 Å². The van der Waals surface area contributed by atoms with Crippen molar-refractivity contribution in [2.45, 2.75) is 74.0 Å². The van der Waals surface area contributed by atoms with Crippen molar-refractivity contribution < 1.29 is 35.2 Å². The number of aryl methyl sites for hydroxylation is 2. The number of hydrogen-bond donors (Lipinski definition) is 2. The molecule has 2 saturated carbocycles. The molecule has 1 unspecified atom stereocenters. The Labute approximate surface area is 218 Å². The zero-order valence-corrected chi connectivity index (χ0v) is 21.6. The summed E-state index contributed by atoms with van der Waals surface area (Å²) in [5, 5.41) is 5.97. The highest BCUT2D eigenvalue weighted by Gasteiger charge is 2.61. The summed E-state index contributed by atoms with van der Waals surface area (Å²) >= 11 is 1.01. The Hall–Kier alpha value is -2.68. The molecule has 0 saturated heterocycles. The Morgan fingerprint density at radius 2 is 2.05 bits per heavy atom. The molecule has 2 atom stereocenters. The lowest BCUT2D eigenvalue weighted by Gasteiger charge is -2.30. The van der Waals surface area contributed by atoms with E-state index in [-0.39, 0.29) is 35.0 Å². The maximum atomic E-state index is 13.4. The monoisotopic (exact) mass is 578 g/mol. The fourth-order valence-electron chi connectivity index (χ4n) is 4.49. The minimum Gasteiger partial charge on any atom is -0.316 e. The topological polar surface area (TPSA) is 118 Å². The molecule has 16 heteroatoms. The zero-order chi connectivity index (χ0) is 27.4. The van der Waals surface area contributed by atoms with Gasteiger partial charge < -0.3 is 5.32 Å². The molecular formula is C22H23F5N6O3S2. The van der Waals surface area contributed by atoms with Crippen LogP contribution < -0.4 is 10.0 Å². The van der Waals surface area contributed by atoms with Crippen LogP contribution in [0.5, 0.6) is 0 Å². The van der Waals surface area contributed by atoms with Gasteiger partial charge in [0.25, 0.3) is 12.3 Å². The van der Waals surface area contributed by atoms with Gasteiger partial charge in [-0.15, -0.1) is 11.3 Å². The first-order valence-corrected chi connectivity index (χ1v) is 14.1. The molecular weight excluding hydrogens is 555 g/mol. The van der Waals surface area contributed by atoms with E-state index >= 15 is 0 Å². The summed E-state index contributed by atoms with van der Waals surface area (Å²) in [5.41, 5.74) is -0.0566. The molecule has 9 nitrogen and oxygen atoms in total. The summed E-state index contributed by atoms with van der Waals surface area (Å²) in [6.45, 7) is 0. The molecule has 3 aliphatic rings. The normalized spacial score (nSPS) is 25.8. The summed E-state index contributed by atoms with van der Waals surface area (Å²) in [7, 11) is -2.79. The van der Waals surface area contributed by atoms with Gasteiger partial charge in [0.15, 0.2) is 5.82 Å². The molecule has 2 N–H and O–H groups in total. The average Bonchev–Trinajstić information content (AvgIpc) is 3.11. The molecule has 0 spiro atoms. The van der Waals surface area contributed by atoms with Gasteiger partial charge in [-0.3, -0.25) is 4.79 Å². The number of aliphatic imine (C=N–C) groups is 2.